The van der Waals surface area contributed by atoms with Gasteiger partial charge >= 0.3 is 0 Å². The molecule has 6 nitrogen and oxygen atoms in total. The van der Waals surface area contributed by atoms with Crippen molar-refractivity contribution in [3.8, 4) is 0 Å². The molecule has 0 fully saturated rings. The predicted octanol–water partition coefficient (Wildman–Crippen LogP) is 3.84. The van der Waals surface area contributed by atoms with Crippen LogP contribution in [0.3, 0.4) is 0 Å². The summed E-state index contributed by atoms with van der Waals surface area (Å²) in [7, 11) is 0. The standard InChI is InChI=1S/C19H37N3O3/c1-18(2,3)9-7-8-11-23-13-14-24-12-10-22-15-17(20-21-22)16-25-19(4,5)6/h15H,7-14,16H2,1-6H3. The maximum absolute atomic E-state index is 5.68. The van der Waals surface area contributed by atoms with Crippen LogP contribution in [0.25, 0.3) is 0 Å². The van der Waals surface area contributed by atoms with Crippen LogP contribution in [0.4, 0.5) is 0 Å². The van der Waals surface area contributed by atoms with Crippen molar-refractivity contribution in [2.75, 3.05) is 26.4 Å². The molecule has 0 radical (unpaired) electrons. The lowest BCUT2D eigenvalue weighted by atomic mass is 9.90. The molecule has 0 aromatic carbocycles. The average Bonchev–Trinajstić information content (AvgIpc) is 2.93. The van der Waals surface area contributed by atoms with E-state index in [4.69, 9.17) is 14.2 Å². The molecule has 146 valence electrons. The first kappa shape index (κ1) is 22.1. The third kappa shape index (κ3) is 13.0. The summed E-state index contributed by atoms with van der Waals surface area (Å²) in [5.41, 5.74) is 1.09. The van der Waals surface area contributed by atoms with Crippen LogP contribution in [0, 0.1) is 5.41 Å². The van der Waals surface area contributed by atoms with Crippen molar-refractivity contribution in [3.63, 3.8) is 0 Å². The van der Waals surface area contributed by atoms with Crippen molar-refractivity contribution >= 4 is 0 Å². The van der Waals surface area contributed by atoms with E-state index in [-0.39, 0.29) is 5.60 Å². The van der Waals surface area contributed by atoms with Gasteiger partial charge in [-0.1, -0.05) is 32.4 Å². The van der Waals surface area contributed by atoms with Gasteiger partial charge in [0.1, 0.15) is 5.69 Å². The van der Waals surface area contributed by atoms with E-state index in [1.165, 1.54) is 12.8 Å². The molecule has 6 heteroatoms. The SMILES string of the molecule is CC(C)(C)CCCCOCCOCCn1cc(COC(C)(C)C)nn1. The minimum Gasteiger partial charge on any atom is -0.379 e. The molecule has 0 atom stereocenters. The van der Waals surface area contributed by atoms with E-state index in [0.717, 1.165) is 18.7 Å². The van der Waals surface area contributed by atoms with Crippen molar-refractivity contribution < 1.29 is 14.2 Å². The minimum absolute atomic E-state index is 0.167. The fraction of sp³-hybridized carbons (Fsp3) is 0.895. The lowest BCUT2D eigenvalue weighted by Gasteiger charge is -2.18. The van der Waals surface area contributed by atoms with Gasteiger partial charge in [-0.2, -0.15) is 0 Å². The van der Waals surface area contributed by atoms with Crippen molar-refractivity contribution in [2.45, 2.75) is 79.6 Å². The lowest BCUT2D eigenvalue weighted by molar-refractivity contribution is -0.0165. The zero-order valence-electron chi connectivity index (χ0n) is 17.0. The summed E-state index contributed by atoms with van der Waals surface area (Å²) >= 11 is 0. The maximum Gasteiger partial charge on any atom is 0.108 e. The summed E-state index contributed by atoms with van der Waals surface area (Å²) in [6, 6.07) is 0. The van der Waals surface area contributed by atoms with Gasteiger partial charge in [0, 0.05) is 6.61 Å². The van der Waals surface area contributed by atoms with Gasteiger partial charge in [-0.15, -0.1) is 5.10 Å². The molecule has 0 amide bonds. The second-order valence-corrected chi connectivity index (χ2v) is 8.62. The van der Waals surface area contributed by atoms with Gasteiger partial charge < -0.3 is 14.2 Å². The monoisotopic (exact) mass is 355 g/mol. The summed E-state index contributed by atoms with van der Waals surface area (Å²) in [6.45, 7) is 16.8. The first-order chi connectivity index (χ1) is 11.7. The highest BCUT2D eigenvalue weighted by atomic mass is 16.5. The van der Waals surface area contributed by atoms with Crippen LogP contribution in [0.5, 0.6) is 0 Å². The molecule has 0 saturated carbocycles. The topological polar surface area (TPSA) is 58.4 Å². The Morgan fingerprint density at radius 2 is 1.60 bits per heavy atom. The molecule has 0 aliphatic carbocycles. The van der Waals surface area contributed by atoms with E-state index in [9.17, 15) is 0 Å². The highest BCUT2D eigenvalue weighted by molar-refractivity contribution is 4.90. The van der Waals surface area contributed by atoms with Crippen molar-refractivity contribution in [3.05, 3.63) is 11.9 Å². The van der Waals surface area contributed by atoms with E-state index in [0.29, 0.717) is 38.4 Å². The largest absolute Gasteiger partial charge is 0.379 e. The number of unbranched alkanes of at least 4 members (excludes halogenated alkanes) is 1. The first-order valence-corrected chi connectivity index (χ1v) is 9.34. The average molecular weight is 356 g/mol. The van der Waals surface area contributed by atoms with Crippen LogP contribution < -0.4 is 0 Å². The normalized spacial score (nSPS) is 12.7. The smallest absolute Gasteiger partial charge is 0.108 e. The molecule has 0 bridgehead atoms. The van der Waals surface area contributed by atoms with Crippen molar-refractivity contribution in [1.82, 2.24) is 15.0 Å². The van der Waals surface area contributed by atoms with E-state index in [2.05, 4.69) is 31.1 Å². The van der Waals surface area contributed by atoms with Crippen LogP contribution >= 0.6 is 0 Å². The Kier molecular flexibility index (Phi) is 9.61. The molecular weight excluding hydrogens is 318 g/mol. The lowest BCUT2D eigenvalue weighted by Crippen LogP contribution is -2.18. The molecular formula is C19H37N3O3. The minimum atomic E-state index is -0.167. The number of nitrogens with zero attached hydrogens (tertiary/aromatic N) is 3. The third-order valence-corrected chi connectivity index (χ3v) is 3.54. The van der Waals surface area contributed by atoms with Gasteiger partial charge in [0.05, 0.1) is 44.8 Å². The second kappa shape index (κ2) is 10.9. The summed E-state index contributed by atoms with van der Waals surface area (Å²) in [5, 5.41) is 8.18. The molecule has 0 aliphatic heterocycles. The van der Waals surface area contributed by atoms with Gasteiger partial charge in [-0.05, 0) is 39.0 Å². The van der Waals surface area contributed by atoms with Gasteiger partial charge in [0.15, 0.2) is 0 Å². The van der Waals surface area contributed by atoms with E-state index in [1.54, 1.807) is 4.68 Å². The Balaban J connectivity index is 1.97. The summed E-state index contributed by atoms with van der Waals surface area (Å²) in [4.78, 5) is 0. The van der Waals surface area contributed by atoms with Crippen LogP contribution in [0.15, 0.2) is 6.20 Å². The summed E-state index contributed by atoms with van der Waals surface area (Å²) in [5.74, 6) is 0. The van der Waals surface area contributed by atoms with Crippen LogP contribution in [0.2, 0.25) is 0 Å². The second-order valence-electron chi connectivity index (χ2n) is 8.62. The molecule has 25 heavy (non-hydrogen) atoms. The van der Waals surface area contributed by atoms with Crippen LogP contribution in [0.1, 0.15) is 66.5 Å². The van der Waals surface area contributed by atoms with Gasteiger partial charge in [-0.25, -0.2) is 4.68 Å². The van der Waals surface area contributed by atoms with Crippen molar-refractivity contribution in [2.24, 2.45) is 5.41 Å². The quantitative estimate of drug-likeness (QED) is 0.533. The molecule has 0 unspecified atom stereocenters. The molecule has 0 aliphatic rings. The number of hydrogen-bond acceptors (Lipinski definition) is 5. The fourth-order valence-electron chi connectivity index (χ4n) is 2.14. The van der Waals surface area contributed by atoms with E-state index >= 15 is 0 Å². The Bertz CT molecular complexity index is 461. The molecule has 1 heterocycles. The number of rotatable bonds is 12. The highest BCUT2D eigenvalue weighted by Gasteiger charge is 2.11. The Hall–Kier alpha value is -0.980. The highest BCUT2D eigenvalue weighted by Crippen LogP contribution is 2.21. The van der Waals surface area contributed by atoms with Crippen LogP contribution in [-0.2, 0) is 27.4 Å². The molecule has 0 N–H and O–H groups in total. The number of aromatic nitrogens is 3. The summed E-state index contributed by atoms with van der Waals surface area (Å²) < 4.78 is 18.6. The fourth-order valence-corrected chi connectivity index (χ4v) is 2.14. The number of ether oxygens (including phenoxy) is 3. The van der Waals surface area contributed by atoms with Gasteiger partial charge in [0.2, 0.25) is 0 Å². The molecule has 1 aromatic heterocycles. The zero-order valence-corrected chi connectivity index (χ0v) is 17.0. The third-order valence-electron chi connectivity index (χ3n) is 3.54. The Morgan fingerprint density at radius 3 is 2.24 bits per heavy atom. The summed E-state index contributed by atoms with van der Waals surface area (Å²) in [6.07, 6.45) is 5.49. The zero-order chi connectivity index (χ0) is 18.8. The molecule has 0 saturated heterocycles. The Morgan fingerprint density at radius 1 is 0.920 bits per heavy atom. The van der Waals surface area contributed by atoms with Crippen LogP contribution in [-0.4, -0.2) is 47.0 Å². The predicted molar refractivity (Wildman–Crippen MR) is 99.5 cm³/mol. The molecule has 1 aromatic rings. The molecule has 0 spiro atoms. The first-order valence-electron chi connectivity index (χ1n) is 9.34. The van der Waals surface area contributed by atoms with Gasteiger partial charge in [0.25, 0.3) is 0 Å². The molecule has 1 rings (SSSR count). The maximum atomic E-state index is 5.68. The van der Waals surface area contributed by atoms with Crippen molar-refractivity contribution in [1.29, 1.82) is 0 Å². The van der Waals surface area contributed by atoms with E-state index < -0.39 is 0 Å². The van der Waals surface area contributed by atoms with Gasteiger partial charge in [-0.3, -0.25) is 0 Å². The number of hydrogen-bond donors (Lipinski definition) is 0. The Labute approximate surface area is 153 Å². The van der Waals surface area contributed by atoms with E-state index in [1.807, 2.05) is 27.0 Å².